The predicted octanol–water partition coefficient (Wildman–Crippen LogP) is 3.39. The molecule has 0 bridgehead atoms. The number of nitrogens with one attached hydrogen (secondary N) is 1. The molecule has 1 N–H and O–H groups in total. The van der Waals surface area contributed by atoms with E-state index in [4.69, 9.17) is 9.47 Å². The highest BCUT2D eigenvalue weighted by atomic mass is 19.1. The first-order chi connectivity index (χ1) is 11.9. The van der Waals surface area contributed by atoms with Crippen molar-refractivity contribution in [3.63, 3.8) is 0 Å². The van der Waals surface area contributed by atoms with Gasteiger partial charge in [-0.25, -0.2) is 9.18 Å². The fourth-order valence-corrected chi connectivity index (χ4v) is 2.22. The molecule has 2 aromatic carbocycles. The number of aryl methyl sites for hydroxylation is 2. The van der Waals surface area contributed by atoms with Crippen molar-refractivity contribution in [2.75, 3.05) is 11.9 Å². The third-order valence-electron chi connectivity index (χ3n) is 3.53. The number of esters is 1. The summed E-state index contributed by atoms with van der Waals surface area (Å²) >= 11 is 0. The van der Waals surface area contributed by atoms with Crippen molar-refractivity contribution in [1.29, 1.82) is 0 Å². The third-order valence-corrected chi connectivity index (χ3v) is 3.53. The van der Waals surface area contributed by atoms with Crippen LogP contribution in [0.3, 0.4) is 0 Å². The van der Waals surface area contributed by atoms with Gasteiger partial charge in [-0.05, 0) is 56.2 Å². The molecule has 1 amide bonds. The van der Waals surface area contributed by atoms with Crippen LogP contribution in [-0.4, -0.2) is 24.6 Å². The molecular weight excluding hydrogens is 325 g/mol. The van der Waals surface area contributed by atoms with E-state index in [9.17, 15) is 14.0 Å². The number of halogens is 1. The Balaban J connectivity index is 1.85. The van der Waals surface area contributed by atoms with Crippen LogP contribution in [0.5, 0.6) is 5.75 Å². The van der Waals surface area contributed by atoms with Crippen molar-refractivity contribution in [2.24, 2.45) is 0 Å². The van der Waals surface area contributed by atoms with Gasteiger partial charge in [-0.3, -0.25) is 4.79 Å². The molecule has 6 heteroatoms. The Labute approximate surface area is 145 Å². The van der Waals surface area contributed by atoms with Gasteiger partial charge in [0.05, 0.1) is 0 Å². The lowest BCUT2D eigenvalue weighted by molar-refractivity contribution is -0.155. The van der Waals surface area contributed by atoms with Gasteiger partial charge in [0.1, 0.15) is 11.6 Å². The number of rotatable bonds is 6. The van der Waals surface area contributed by atoms with E-state index >= 15 is 0 Å². The van der Waals surface area contributed by atoms with Crippen molar-refractivity contribution in [3.05, 3.63) is 59.4 Å². The number of para-hydroxylation sites is 1. The molecule has 25 heavy (non-hydrogen) atoms. The largest absolute Gasteiger partial charge is 0.481 e. The summed E-state index contributed by atoms with van der Waals surface area (Å²) in [6.45, 7) is 4.93. The lowest BCUT2D eigenvalue weighted by Crippen LogP contribution is -2.31. The molecule has 5 nitrogen and oxygen atoms in total. The summed E-state index contributed by atoms with van der Waals surface area (Å²) in [7, 11) is 0. The minimum Gasteiger partial charge on any atom is -0.481 e. The molecule has 0 aliphatic carbocycles. The summed E-state index contributed by atoms with van der Waals surface area (Å²) < 4.78 is 23.4. The van der Waals surface area contributed by atoms with Crippen LogP contribution < -0.4 is 10.1 Å². The van der Waals surface area contributed by atoms with Gasteiger partial charge >= 0.3 is 5.97 Å². The second-order valence-corrected chi connectivity index (χ2v) is 5.64. The van der Waals surface area contributed by atoms with Crippen molar-refractivity contribution in [3.8, 4) is 5.75 Å². The van der Waals surface area contributed by atoms with E-state index in [-0.39, 0.29) is 6.61 Å². The van der Waals surface area contributed by atoms with E-state index in [1.165, 1.54) is 31.2 Å². The zero-order valence-corrected chi connectivity index (χ0v) is 14.3. The van der Waals surface area contributed by atoms with E-state index in [0.29, 0.717) is 11.4 Å². The minimum absolute atomic E-state index is 0.292. The molecule has 132 valence electrons. The summed E-state index contributed by atoms with van der Waals surface area (Å²) in [5, 5.41) is 2.54. The van der Waals surface area contributed by atoms with Gasteiger partial charge in [-0.15, -0.1) is 0 Å². The molecule has 0 unspecified atom stereocenters. The van der Waals surface area contributed by atoms with Gasteiger partial charge in [0, 0.05) is 5.69 Å². The van der Waals surface area contributed by atoms with Crippen LogP contribution in [0.2, 0.25) is 0 Å². The zero-order valence-electron chi connectivity index (χ0n) is 14.3. The number of anilines is 1. The maximum atomic E-state index is 12.8. The standard InChI is InChI=1S/C19H20FNO4/c1-12-5-4-6-13(2)18(12)24-11-17(22)25-14(3)19(23)21-16-9-7-15(20)8-10-16/h4-10,14H,11H2,1-3H3,(H,21,23)/t14-/m1/s1. The SMILES string of the molecule is Cc1cccc(C)c1OCC(=O)O[C@H](C)C(=O)Nc1ccc(F)cc1. The lowest BCUT2D eigenvalue weighted by Gasteiger charge is -2.15. The summed E-state index contributed by atoms with van der Waals surface area (Å²) in [6.07, 6.45) is -1.00. The molecule has 0 saturated carbocycles. The maximum absolute atomic E-state index is 12.8. The van der Waals surface area contributed by atoms with Crippen LogP contribution in [0.15, 0.2) is 42.5 Å². The van der Waals surface area contributed by atoms with Crippen LogP contribution >= 0.6 is 0 Å². The Morgan fingerprint density at radius 2 is 1.68 bits per heavy atom. The number of ether oxygens (including phenoxy) is 2. The molecule has 0 spiro atoms. The number of hydrogen-bond donors (Lipinski definition) is 1. The smallest absolute Gasteiger partial charge is 0.344 e. The predicted molar refractivity (Wildman–Crippen MR) is 92.0 cm³/mol. The van der Waals surface area contributed by atoms with Gasteiger partial charge < -0.3 is 14.8 Å². The fraction of sp³-hybridized carbons (Fsp3) is 0.263. The summed E-state index contributed by atoms with van der Waals surface area (Å²) in [5.41, 5.74) is 2.24. The van der Waals surface area contributed by atoms with E-state index in [1.807, 2.05) is 32.0 Å². The molecule has 0 aliphatic rings. The Bertz CT molecular complexity index is 738. The molecule has 2 aromatic rings. The second-order valence-electron chi connectivity index (χ2n) is 5.64. The van der Waals surface area contributed by atoms with Crippen molar-refractivity contribution in [1.82, 2.24) is 0 Å². The van der Waals surface area contributed by atoms with E-state index in [2.05, 4.69) is 5.32 Å². The average molecular weight is 345 g/mol. The maximum Gasteiger partial charge on any atom is 0.344 e. The van der Waals surface area contributed by atoms with Crippen molar-refractivity contribution in [2.45, 2.75) is 26.9 Å². The Kier molecular flexibility index (Phi) is 6.11. The normalized spacial score (nSPS) is 11.5. The zero-order chi connectivity index (χ0) is 18.4. The van der Waals surface area contributed by atoms with Gasteiger partial charge in [0.25, 0.3) is 5.91 Å². The van der Waals surface area contributed by atoms with Gasteiger partial charge in [0.2, 0.25) is 0 Å². The molecule has 0 aromatic heterocycles. The Morgan fingerprint density at radius 1 is 1.08 bits per heavy atom. The van der Waals surface area contributed by atoms with Crippen LogP contribution in [0.1, 0.15) is 18.1 Å². The minimum atomic E-state index is -1.00. The van der Waals surface area contributed by atoms with Gasteiger partial charge in [-0.1, -0.05) is 18.2 Å². The molecular formula is C19H20FNO4. The molecule has 0 fully saturated rings. The van der Waals surface area contributed by atoms with E-state index in [1.54, 1.807) is 0 Å². The summed E-state index contributed by atoms with van der Waals surface area (Å²) in [4.78, 5) is 23.9. The number of benzene rings is 2. The topological polar surface area (TPSA) is 64.6 Å². The molecule has 0 aliphatic heterocycles. The van der Waals surface area contributed by atoms with Gasteiger partial charge in [-0.2, -0.15) is 0 Å². The number of hydrogen-bond acceptors (Lipinski definition) is 4. The average Bonchev–Trinajstić information content (AvgIpc) is 2.56. The number of amides is 1. The van der Waals surface area contributed by atoms with E-state index < -0.39 is 23.8 Å². The Morgan fingerprint density at radius 3 is 2.28 bits per heavy atom. The van der Waals surface area contributed by atoms with Gasteiger partial charge in [0.15, 0.2) is 12.7 Å². The number of carbonyl (C=O) groups is 2. The highest BCUT2D eigenvalue weighted by Crippen LogP contribution is 2.22. The van der Waals surface area contributed by atoms with Crippen molar-refractivity contribution < 1.29 is 23.5 Å². The summed E-state index contributed by atoms with van der Waals surface area (Å²) in [6, 6.07) is 11.0. The monoisotopic (exact) mass is 345 g/mol. The molecule has 1 atom stereocenters. The molecule has 2 rings (SSSR count). The first kappa shape index (κ1) is 18.4. The first-order valence-electron chi connectivity index (χ1n) is 7.81. The van der Waals surface area contributed by atoms with Crippen LogP contribution in [0, 0.1) is 19.7 Å². The molecule has 0 radical (unpaired) electrons. The van der Waals surface area contributed by atoms with Crippen LogP contribution in [-0.2, 0) is 14.3 Å². The van der Waals surface area contributed by atoms with E-state index in [0.717, 1.165) is 11.1 Å². The third kappa shape index (κ3) is 5.31. The van der Waals surface area contributed by atoms with Crippen LogP contribution in [0.25, 0.3) is 0 Å². The molecule has 0 saturated heterocycles. The highest BCUT2D eigenvalue weighted by Gasteiger charge is 2.18. The quantitative estimate of drug-likeness (QED) is 0.815. The Hall–Kier alpha value is -2.89. The molecule has 0 heterocycles. The first-order valence-corrected chi connectivity index (χ1v) is 7.81. The highest BCUT2D eigenvalue weighted by molar-refractivity contribution is 5.95. The lowest BCUT2D eigenvalue weighted by atomic mass is 10.1. The van der Waals surface area contributed by atoms with Crippen LogP contribution in [0.4, 0.5) is 10.1 Å². The fourth-order valence-electron chi connectivity index (χ4n) is 2.22. The summed E-state index contributed by atoms with van der Waals surface area (Å²) in [5.74, 6) is -0.930. The number of carbonyl (C=O) groups excluding carboxylic acids is 2. The van der Waals surface area contributed by atoms with Crippen molar-refractivity contribution >= 4 is 17.6 Å². The second kappa shape index (κ2) is 8.28.